The van der Waals surface area contributed by atoms with Gasteiger partial charge in [0, 0.05) is 5.69 Å². The van der Waals surface area contributed by atoms with Crippen molar-refractivity contribution in [3.05, 3.63) is 132 Å². The first kappa shape index (κ1) is 22.7. The number of benzene rings is 4. The number of carbonyl (C=O) groups is 1. The van der Waals surface area contributed by atoms with Crippen molar-refractivity contribution in [2.75, 3.05) is 4.72 Å². The Hall–Kier alpha value is -4.10. The Morgan fingerprint density at radius 1 is 0.857 bits per heavy atom. The number of nitrogens with one attached hydrogen (secondary N) is 1. The van der Waals surface area contributed by atoms with Crippen LogP contribution < -0.4 is 10.5 Å². The van der Waals surface area contributed by atoms with E-state index in [0.717, 1.165) is 22.4 Å². The maximum atomic E-state index is 13.9. The Bertz CT molecular complexity index is 1340. The van der Waals surface area contributed by atoms with E-state index < -0.39 is 5.54 Å². The molecule has 0 saturated carbocycles. The maximum absolute atomic E-state index is 13.9. The molecular weight excluding hydrogens is 459 g/mol. The SMILES string of the molecule is NC1=NC(c2ccccc2)(c2ccccc2)C(=O)N1Cc1cccc(NSc2ccccc2F)c1. The van der Waals surface area contributed by atoms with Gasteiger partial charge in [0.1, 0.15) is 5.82 Å². The molecule has 0 atom stereocenters. The lowest BCUT2D eigenvalue weighted by atomic mass is 9.83. The second kappa shape index (κ2) is 9.64. The quantitative estimate of drug-likeness (QED) is 0.339. The van der Waals surface area contributed by atoms with Gasteiger partial charge in [-0.25, -0.2) is 9.38 Å². The summed E-state index contributed by atoms with van der Waals surface area (Å²) in [4.78, 5) is 20.7. The van der Waals surface area contributed by atoms with Crippen LogP contribution in [0.2, 0.25) is 0 Å². The number of carbonyl (C=O) groups excluding carboxylic acids is 1. The molecule has 1 amide bonds. The van der Waals surface area contributed by atoms with Crippen molar-refractivity contribution in [1.82, 2.24) is 4.90 Å². The Morgan fingerprint density at radius 2 is 1.49 bits per heavy atom. The van der Waals surface area contributed by atoms with Crippen molar-refractivity contribution < 1.29 is 9.18 Å². The third kappa shape index (κ3) is 4.38. The van der Waals surface area contributed by atoms with E-state index in [1.807, 2.05) is 84.9 Å². The van der Waals surface area contributed by atoms with Crippen LogP contribution >= 0.6 is 11.9 Å². The molecule has 0 bridgehead atoms. The first-order valence-electron chi connectivity index (χ1n) is 11.1. The first-order valence-corrected chi connectivity index (χ1v) is 11.9. The summed E-state index contributed by atoms with van der Waals surface area (Å²) < 4.78 is 17.1. The molecule has 3 N–H and O–H groups in total. The predicted octanol–water partition coefficient (Wildman–Crippen LogP) is 5.55. The highest BCUT2D eigenvalue weighted by atomic mass is 32.2. The van der Waals surface area contributed by atoms with Gasteiger partial charge in [0.25, 0.3) is 5.91 Å². The van der Waals surface area contributed by atoms with E-state index in [2.05, 4.69) is 4.72 Å². The highest BCUT2D eigenvalue weighted by molar-refractivity contribution is 8.00. The number of nitrogens with zero attached hydrogens (tertiary/aromatic N) is 2. The number of amides is 1. The number of nitrogens with two attached hydrogens (primary N) is 1. The number of aliphatic imine (C=N–C) groups is 1. The fraction of sp³-hybridized carbons (Fsp3) is 0.0714. The summed E-state index contributed by atoms with van der Waals surface area (Å²) in [5, 5.41) is 0. The molecule has 7 heteroatoms. The zero-order valence-electron chi connectivity index (χ0n) is 18.8. The van der Waals surface area contributed by atoms with Gasteiger partial charge >= 0.3 is 0 Å². The highest BCUT2D eigenvalue weighted by Crippen LogP contribution is 2.40. The molecular formula is C28H23FN4OS. The Labute approximate surface area is 207 Å². The molecule has 4 aromatic carbocycles. The van der Waals surface area contributed by atoms with E-state index in [9.17, 15) is 9.18 Å². The van der Waals surface area contributed by atoms with Crippen LogP contribution in [-0.2, 0) is 16.9 Å². The fourth-order valence-electron chi connectivity index (χ4n) is 4.19. The highest BCUT2D eigenvalue weighted by Gasteiger charge is 2.50. The topological polar surface area (TPSA) is 70.7 Å². The molecule has 0 unspecified atom stereocenters. The number of hydrogen-bond donors (Lipinski definition) is 2. The summed E-state index contributed by atoms with van der Waals surface area (Å²) in [7, 11) is 0. The first-order chi connectivity index (χ1) is 17.1. The summed E-state index contributed by atoms with van der Waals surface area (Å²) in [6, 6.07) is 33.2. The molecule has 174 valence electrons. The summed E-state index contributed by atoms with van der Waals surface area (Å²) in [5.74, 6) is -0.320. The van der Waals surface area contributed by atoms with Crippen LogP contribution in [0.3, 0.4) is 0 Å². The summed E-state index contributed by atoms with van der Waals surface area (Å²) in [6.07, 6.45) is 0. The Balaban J connectivity index is 1.41. The number of halogens is 1. The third-order valence-corrected chi connectivity index (χ3v) is 6.77. The van der Waals surface area contributed by atoms with Gasteiger partial charge in [0.2, 0.25) is 0 Å². The summed E-state index contributed by atoms with van der Waals surface area (Å²) in [6.45, 7) is 0.259. The zero-order chi connectivity index (χ0) is 24.3. The minimum atomic E-state index is -1.23. The van der Waals surface area contributed by atoms with Crippen molar-refractivity contribution in [2.24, 2.45) is 10.7 Å². The van der Waals surface area contributed by atoms with Crippen molar-refractivity contribution in [3.8, 4) is 0 Å². The summed E-state index contributed by atoms with van der Waals surface area (Å²) >= 11 is 1.19. The largest absolute Gasteiger partial charge is 0.369 e. The van der Waals surface area contributed by atoms with Crippen LogP contribution in [0.25, 0.3) is 0 Å². The third-order valence-electron chi connectivity index (χ3n) is 5.88. The van der Waals surface area contributed by atoms with Crippen molar-refractivity contribution in [3.63, 3.8) is 0 Å². The summed E-state index contributed by atoms with van der Waals surface area (Å²) in [5.41, 5.74) is 8.30. The van der Waals surface area contributed by atoms with Gasteiger partial charge in [-0.15, -0.1) is 0 Å². The maximum Gasteiger partial charge on any atom is 0.266 e. The normalized spacial score (nSPS) is 14.6. The van der Waals surface area contributed by atoms with E-state index >= 15 is 0 Å². The van der Waals surface area contributed by atoms with Crippen LogP contribution in [0.15, 0.2) is 119 Å². The van der Waals surface area contributed by atoms with Crippen LogP contribution in [0.4, 0.5) is 10.1 Å². The van der Waals surface area contributed by atoms with Crippen LogP contribution in [0.1, 0.15) is 16.7 Å². The fourth-order valence-corrected chi connectivity index (χ4v) is 4.86. The molecule has 1 aliphatic heterocycles. The van der Waals surface area contributed by atoms with Gasteiger partial charge in [0.15, 0.2) is 11.5 Å². The zero-order valence-corrected chi connectivity index (χ0v) is 19.6. The Morgan fingerprint density at radius 3 is 2.14 bits per heavy atom. The van der Waals surface area contributed by atoms with E-state index in [0.29, 0.717) is 4.90 Å². The molecule has 0 saturated heterocycles. The van der Waals surface area contributed by atoms with Crippen LogP contribution in [-0.4, -0.2) is 16.8 Å². The van der Waals surface area contributed by atoms with Crippen LogP contribution in [0, 0.1) is 5.82 Å². The molecule has 0 radical (unpaired) electrons. The molecule has 0 aliphatic carbocycles. The van der Waals surface area contributed by atoms with Crippen molar-refractivity contribution in [2.45, 2.75) is 17.0 Å². The number of hydrogen-bond acceptors (Lipinski definition) is 5. The number of guanidine groups is 1. The van der Waals surface area contributed by atoms with Crippen molar-refractivity contribution >= 4 is 29.5 Å². The van der Waals surface area contributed by atoms with Gasteiger partial charge in [-0.3, -0.25) is 9.69 Å². The minimum Gasteiger partial charge on any atom is -0.369 e. The van der Waals surface area contributed by atoms with Gasteiger partial charge < -0.3 is 10.5 Å². The van der Waals surface area contributed by atoms with Gasteiger partial charge in [-0.1, -0.05) is 84.9 Å². The predicted molar refractivity (Wildman–Crippen MR) is 138 cm³/mol. The molecule has 5 nitrogen and oxygen atoms in total. The number of anilines is 1. The minimum absolute atomic E-state index is 0.168. The van der Waals surface area contributed by atoms with Crippen molar-refractivity contribution in [1.29, 1.82) is 0 Å². The van der Waals surface area contributed by atoms with E-state index in [1.54, 1.807) is 18.2 Å². The van der Waals surface area contributed by atoms with Gasteiger partial charge in [-0.2, -0.15) is 0 Å². The van der Waals surface area contributed by atoms with Gasteiger partial charge in [0.05, 0.1) is 11.4 Å². The molecule has 4 aromatic rings. The molecule has 0 fully saturated rings. The Kier molecular flexibility index (Phi) is 6.25. The molecule has 0 aromatic heterocycles. The van der Waals surface area contributed by atoms with Gasteiger partial charge in [-0.05, 0) is 52.9 Å². The molecule has 0 spiro atoms. The standard InChI is InChI=1S/C28H23FN4OS/c29-24-16-7-8-17-25(24)35-32-23-15-9-10-20(18-23)19-33-26(34)28(31-27(33)30,21-11-3-1-4-12-21)22-13-5-2-6-14-22/h1-18,32H,19H2,(H2,30,31). The molecule has 1 aliphatic rings. The lowest BCUT2D eigenvalue weighted by Gasteiger charge is -2.27. The lowest BCUT2D eigenvalue weighted by molar-refractivity contribution is -0.130. The second-order valence-corrected chi connectivity index (χ2v) is 8.99. The number of rotatable bonds is 7. The molecule has 5 rings (SSSR count). The van der Waals surface area contributed by atoms with Crippen LogP contribution in [0.5, 0.6) is 0 Å². The average molecular weight is 483 g/mol. The monoisotopic (exact) mass is 482 g/mol. The van der Waals surface area contributed by atoms with E-state index in [1.165, 1.54) is 22.9 Å². The smallest absolute Gasteiger partial charge is 0.266 e. The molecule has 35 heavy (non-hydrogen) atoms. The average Bonchev–Trinajstić information content (AvgIpc) is 3.15. The second-order valence-electron chi connectivity index (χ2n) is 8.14. The lowest BCUT2D eigenvalue weighted by Crippen LogP contribution is -2.43. The molecule has 1 heterocycles. The van der Waals surface area contributed by atoms with E-state index in [4.69, 9.17) is 10.7 Å². The van der Waals surface area contributed by atoms with E-state index in [-0.39, 0.29) is 24.2 Å².